The van der Waals surface area contributed by atoms with Gasteiger partial charge >= 0.3 is 0 Å². The topological polar surface area (TPSA) is 79.0 Å². The third kappa shape index (κ3) is 5.38. The molecule has 1 aliphatic rings. The van der Waals surface area contributed by atoms with Crippen molar-refractivity contribution in [3.8, 4) is 5.75 Å². The quantitative estimate of drug-likeness (QED) is 0.692. The van der Waals surface area contributed by atoms with Crippen LogP contribution in [0.2, 0.25) is 0 Å². The van der Waals surface area contributed by atoms with Gasteiger partial charge in [0.05, 0.1) is 12.0 Å². The lowest BCUT2D eigenvalue weighted by Crippen LogP contribution is -2.47. The maximum absolute atomic E-state index is 13.4. The lowest BCUT2D eigenvalue weighted by Gasteiger charge is -2.29. The summed E-state index contributed by atoms with van der Waals surface area (Å²) in [5, 5.41) is 3.22. The van der Waals surface area contributed by atoms with E-state index in [4.69, 9.17) is 4.74 Å². The molecule has 1 N–H and O–H groups in total. The van der Waals surface area contributed by atoms with Gasteiger partial charge in [0.15, 0.2) is 0 Å². The number of sulfonamides is 1. The fraction of sp³-hybridized carbons (Fsp3) is 0.409. The highest BCUT2D eigenvalue weighted by atomic mass is 32.2. The Kier molecular flexibility index (Phi) is 7.47. The molecule has 0 atom stereocenters. The number of rotatable bonds is 8. The summed E-state index contributed by atoms with van der Waals surface area (Å²) < 4.78 is 33.5. The minimum absolute atomic E-state index is 0.0272. The zero-order valence-electron chi connectivity index (χ0n) is 17.5. The van der Waals surface area contributed by atoms with Gasteiger partial charge in [-0.15, -0.1) is 0 Å². The Labute approximate surface area is 178 Å². The van der Waals surface area contributed by atoms with Crippen molar-refractivity contribution in [3.05, 3.63) is 59.7 Å². The van der Waals surface area contributed by atoms with Crippen LogP contribution < -0.4 is 10.1 Å². The van der Waals surface area contributed by atoms with Crippen molar-refractivity contribution in [1.29, 1.82) is 0 Å². The molecule has 0 unspecified atom stereocenters. The minimum atomic E-state index is -3.77. The van der Waals surface area contributed by atoms with Crippen LogP contribution in [-0.4, -0.2) is 63.4 Å². The summed E-state index contributed by atoms with van der Waals surface area (Å²) in [6, 6.07) is 14.1. The first-order chi connectivity index (χ1) is 14.4. The molecule has 0 saturated carbocycles. The number of nitrogens with one attached hydrogen (secondary N) is 1. The second kappa shape index (κ2) is 10.1. The summed E-state index contributed by atoms with van der Waals surface area (Å²) in [5.74, 6) is 0.593. The predicted molar refractivity (Wildman–Crippen MR) is 116 cm³/mol. The molecular formula is C22H29N3O4S. The molecule has 1 fully saturated rings. The molecule has 1 saturated heterocycles. The third-order valence-corrected chi connectivity index (χ3v) is 7.10. The molecule has 3 rings (SSSR count). The van der Waals surface area contributed by atoms with Gasteiger partial charge < -0.3 is 15.0 Å². The van der Waals surface area contributed by atoms with Crippen molar-refractivity contribution >= 4 is 15.9 Å². The largest absolute Gasteiger partial charge is 0.496 e. The number of nitrogens with zero attached hydrogens (tertiary/aromatic N) is 2. The van der Waals surface area contributed by atoms with Gasteiger partial charge in [-0.05, 0) is 25.1 Å². The molecule has 0 radical (unpaired) electrons. The first kappa shape index (κ1) is 22.3. The minimum Gasteiger partial charge on any atom is -0.496 e. The van der Waals surface area contributed by atoms with Crippen LogP contribution in [0.25, 0.3) is 0 Å². The van der Waals surface area contributed by atoms with E-state index in [0.717, 1.165) is 24.2 Å². The molecule has 1 aliphatic heterocycles. The van der Waals surface area contributed by atoms with Crippen LogP contribution in [0.4, 0.5) is 0 Å². The highest BCUT2D eigenvalue weighted by Gasteiger charge is 2.27. The van der Waals surface area contributed by atoms with Crippen molar-refractivity contribution in [3.63, 3.8) is 0 Å². The van der Waals surface area contributed by atoms with E-state index in [2.05, 4.69) is 5.32 Å². The van der Waals surface area contributed by atoms with Crippen molar-refractivity contribution in [2.75, 3.05) is 39.8 Å². The summed E-state index contributed by atoms with van der Waals surface area (Å²) in [4.78, 5) is 14.6. The van der Waals surface area contributed by atoms with Crippen LogP contribution in [0, 0.1) is 6.92 Å². The van der Waals surface area contributed by atoms with Gasteiger partial charge in [0.25, 0.3) is 0 Å². The maximum atomic E-state index is 13.4. The Balaban J connectivity index is 1.83. The van der Waals surface area contributed by atoms with Crippen LogP contribution in [-0.2, 0) is 21.4 Å². The first-order valence-electron chi connectivity index (χ1n) is 10.1. The summed E-state index contributed by atoms with van der Waals surface area (Å²) in [7, 11) is -2.21. The number of amides is 1. The number of benzene rings is 2. The summed E-state index contributed by atoms with van der Waals surface area (Å²) in [5.41, 5.74) is 1.74. The summed E-state index contributed by atoms with van der Waals surface area (Å²) >= 11 is 0. The molecule has 162 valence electrons. The van der Waals surface area contributed by atoms with E-state index in [1.54, 1.807) is 42.3 Å². The highest BCUT2D eigenvalue weighted by Crippen LogP contribution is 2.24. The van der Waals surface area contributed by atoms with Crippen LogP contribution in [0.1, 0.15) is 17.5 Å². The summed E-state index contributed by atoms with van der Waals surface area (Å²) in [6.07, 6.45) is 0.139. The molecule has 1 heterocycles. The Morgan fingerprint density at radius 3 is 2.43 bits per heavy atom. The molecule has 0 spiro atoms. The van der Waals surface area contributed by atoms with Gasteiger partial charge in [-0.1, -0.05) is 35.9 Å². The second-order valence-corrected chi connectivity index (χ2v) is 9.28. The van der Waals surface area contributed by atoms with E-state index in [1.807, 2.05) is 25.1 Å². The molecule has 0 aromatic heterocycles. The zero-order chi connectivity index (χ0) is 21.6. The van der Waals surface area contributed by atoms with Crippen molar-refractivity contribution in [1.82, 2.24) is 14.5 Å². The van der Waals surface area contributed by atoms with Gasteiger partial charge in [-0.2, -0.15) is 4.31 Å². The standard InChI is InChI=1S/C22H29N3O4S/c1-18-7-9-20(10-8-18)30(27,28)25(17-19-5-3-4-6-21(19)29-2)14-11-22(26)24-15-12-23-13-16-24/h3-10,23H,11-17H2,1-2H3. The van der Waals surface area contributed by atoms with Gasteiger partial charge in [-0.25, -0.2) is 8.42 Å². The Bertz CT molecular complexity index is 955. The van der Waals surface area contributed by atoms with Gasteiger partial charge in [0, 0.05) is 51.3 Å². The van der Waals surface area contributed by atoms with Crippen molar-refractivity contribution in [2.24, 2.45) is 0 Å². The number of para-hydroxylation sites is 1. The van der Waals surface area contributed by atoms with E-state index in [0.29, 0.717) is 18.8 Å². The molecular weight excluding hydrogens is 402 g/mol. The number of hydrogen-bond acceptors (Lipinski definition) is 5. The SMILES string of the molecule is COc1ccccc1CN(CCC(=O)N1CCNCC1)S(=O)(=O)c1ccc(C)cc1. The number of piperazine rings is 1. The van der Waals surface area contributed by atoms with Crippen LogP contribution in [0.3, 0.4) is 0 Å². The van der Waals surface area contributed by atoms with E-state index >= 15 is 0 Å². The van der Waals surface area contributed by atoms with Crippen LogP contribution >= 0.6 is 0 Å². The lowest BCUT2D eigenvalue weighted by molar-refractivity contribution is -0.131. The second-order valence-electron chi connectivity index (χ2n) is 7.34. The van der Waals surface area contributed by atoms with Crippen LogP contribution in [0.5, 0.6) is 5.75 Å². The average Bonchev–Trinajstić information content (AvgIpc) is 2.77. The molecule has 8 heteroatoms. The monoisotopic (exact) mass is 431 g/mol. The molecule has 0 bridgehead atoms. The molecule has 2 aromatic rings. The number of ether oxygens (including phenoxy) is 1. The van der Waals surface area contributed by atoms with Crippen molar-refractivity contribution < 1.29 is 17.9 Å². The highest BCUT2D eigenvalue weighted by molar-refractivity contribution is 7.89. The first-order valence-corrected chi connectivity index (χ1v) is 11.5. The van der Waals surface area contributed by atoms with Crippen molar-refractivity contribution in [2.45, 2.75) is 24.8 Å². The van der Waals surface area contributed by atoms with Gasteiger partial charge in [0.1, 0.15) is 5.75 Å². The number of carbonyl (C=O) groups is 1. The Morgan fingerprint density at radius 1 is 1.10 bits per heavy atom. The maximum Gasteiger partial charge on any atom is 0.243 e. The fourth-order valence-corrected chi connectivity index (χ4v) is 4.88. The fourth-order valence-electron chi connectivity index (χ4n) is 3.46. The Hall–Kier alpha value is -2.42. The zero-order valence-corrected chi connectivity index (χ0v) is 18.3. The van der Waals surface area contributed by atoms with E-state index < -0.39 is 10.0 Å². The average molecular weight is 432 g/mol. The number of carbonyl (C=O) groups excluding carboxylic acids is 1. The lowest BCUT2D eigenvalue weighted by atomic mass is 10.2. The normalized spacial score (nSPS) is 14.7. The molecule has 30 heavy (non-hydrogen) atoms. The van der Waals surface area contributed by atoms with E-state index in [9.17, 15) is 13.2 Å². The van der Waals surface area contributed by atoms with Gasteiger partial charge in [-0.3, -0.25) is 4.79 Å². The van der Waals surface area contributed by atoms with Gasteiger partial charge in [0.2, 0.25) is 15.9 Å². The molecule has 0 aliphatic carbocycles. The molecule has 7 nitrogen and oxygen atoms in total. The third-order valence-electron chi connectivity index (χ3n) is 5.24. The van der Waals surface area contributed by atoms with Crippen LogP contribution in [0.15, 0.2) is 53.4 Å². The number of hydrogen-bond donors (Lipinski definition) is 1. The number of methoxy groups -OCH3 is 1. The number of aryl methyl sites for hydroxylation is 1. The molecule has 2 aromatic carbocycles. The Morgan fingerprint density at radius 2 is 1.77 bits per heavy atom. The van der Waals surface area contributed by atoms with E-state index in [-0.39, 0.29) is 30.3 Å². The summed E-state index contributed by atoms with van der Waals surface area (Å²) in [6.45, 7) is 4.98. The smallest absolute Gasteiger partial charge is 0.243 e. The van der Waals surface area contributed by atoms with E-state index in [1.165, 1.54) is 4.31 Å². The molecule has 1 amide bonds. The predicted octanol–water partition coefficient (Wildman–Crippen LogP) is 2.02.